The molecular weight excluding hydrogens is 210 g/mol. The third-order valence-corrected chi connectivity index (χ3v) is 4.00. The van der Waals surface area contributed by atoms with Gasteiger partial charge in [-0.3, -0.25) is 4.79 Å². The van der Waals surface area contributed by atoms with Crippen LogP contribution in [0, 0.1) is 0 Å². The number of aliphatic hydroxyl groups is 1. The van der Waals surface area contributed by atoms with Crippen LogP contribution in [-0.4, -0.2) is 53.9 Å². The van der Waals surface area contributed by atoms with E-state index in [4.69, 9.17) is 10.2 Å². The minimum Gasteiger partial charge on any atom is -0.480 e. The molecule has 82 valence electrons. The second-order valence-electron chi connectivity index (χ2n) is 3.24. The lowest BCUT2D eigenvalue weighted by molar-refractivity contribution is -0.134. The molecule has 1 saturated heterocycles. The molecular formula is C7H13NO5S. The zero-order valence-corrected chi connectivity index (χ0v) is 8.40. The number of carbonyl (C=O) groups is 1. The Hall–Kier alpha value is -0.660. The maximum atomic E-state index is 11.4. The zero-order valence-electron chi connectivity index (χ0n) is 7.59. The summed E-state index contributed by atoms with van der Waals surface area (Å²) in [6, 6.07) is -0.445. The van der Waals surface area contributed by atoms with Crippen LogP contribution in [0.3, 0.4) is 0 Å². The van der Waals surface area contributed by atoms with Crippen molar-refractivity contribution in [1.82, 2.24) is 4.31 Å². The van der Waals surface area contributed by atoms with Gasteiger partial charge in [-0.15, -0.1) is 0 Å². The van der Waals surface area contributed by atoms with E-state index in [2.05, 4.69) is 0 Å². The van der Waals surface area contributed by atoms with Crippen LogP contribution in [0.1, 0.15) is 12.8 Å². The van der Waals surface area contributed by atoms with Crippen LogP contribution in [0.2, 0.25) is 0 Å². The van der Waals surface area contributed by atoms with Crippen molar-refractivity contribution >= 4 is 16.0 Å². The Kier molecular flexibility index (Phi) is 3.46. The first kappa shape index (κ1) is 11.4. The molecule has 14 heavy (non-hydrogen) atoms. The van der Waals surface area contributed by atoms with E-state index in [1.807, 2.05) is 0 Å². The first-order valence-corrected chi connectivity index (χ1v) is 5.90. The number of carboxylic acid groups (broad SMARTS) is 1. The number of hydrogen-bond acceptors (Lipinski definition) is 4. The van der Waals surface area contributed by atoms with Crippen LogP contribution in [0.4, 0.5) is 0 Å². The Balaban J connectivity index is 2.76. The summed E-state index contributed by atoms with van der Waals surface area (Å²) in [6.45, 7) is 0.0552. The fourth-order valence-corrected chi connectivity index (χ4v) is 3.11. The largest absolute Gasteiger partial charge is 0.480 e. The molecule has 1 aliphatic rings. The molecule has 0 bridgehead atoms. The molecule has 0 spiro atoms. The quantitative estimate of drug-likeness (QED) is 0.628. The smallest absolute Gasteiger partial charge is 0.320 e. The van der Waals surface area contributed by atoms with Gasteiger partial charge in [0.2, 0.25) is 10.0 Å². The first-order valence-electron chi connectivity index (χ1n) is 4.29. The fraction of sp³-hybridized carbons (Fsp3) is 0.857. The van der Waals surface area contributed by atoms with Crippen molar-refractivity contribution < 1.29 is 23.4 Å². The molecule has 1 aliphatic heterocycles. The summed E-state index contributed by atoms with van der Waals surface area (Å²) in [7, 11) is -3.75. The summed E-state index contributed by atoms with van der Waals surface area (Å²) in [5, 5.41) is 17.3. The van der Waals surface area contributed by atoms with E-state index >= 15 is 0 Å². The van der Waals surface area contributed by atoms with E-state index in [-0.39, 0.29) is 6.61 Å². The van der Waals surface area contributed by atoms with Crippen LogP contribution in [-0.2, 0) is 14.8 Å². The van der Waals surface area contributed by atoms with Gasteiger partial charge in [0.1, 0.15) is 0 Å². The van der Waals surface area contributed by atoms with Gasteiger partial charge in [-0.05, 0) is 12.8 Å². The summed E-state index contributed by atoms with van der Waals surface area (Å²) in [4.78, 5) is 10.3. The van der Waals surface area contributed by atoms with Gasteiger partial charge >= 0.3 is 5.97 Å². The topological polar surface area (TPSA) is 94.9 Å². The van der Waals surface area contributed by atoms with Crippen molar-refractivity contribution in [2.75, 3.05) is 18.9 Å². The Morgan fingerprint density at radius 3 is 2.64 bits per heavy atom. The number of aliphatic carboxylic acids is 1. The van der Waals surface area contributed by atoms with Gasteiger partial charge in [0.25, 0.3) is 0 Å². The summed E-state index contributed by atoms with van der Waals surface area (Å²) >= 11 is 0. The van der Waals surface area contributed by atoms with E-state index in [1.54, 1.807) is 0 Å². The second-order valence-corrected chi connectivity index (χ2v) is 5.16. The van der Waals surface area contributed by atoms with Crippen molar-refractivity contribution in [3.8, 4) is 0 Å². The lowest BCUT2D eigenvalue weighted by atomic mass is 10.2. The predicted octanol–water partition coefficient (Wildman–Crippen LogP) is -1.14. The highest BCUT2D eigenvalue weighted by Crippen LogP contribution is 2.20. The van der Waals surface area contributed by atoms with Crippen LogP contribution < -0.4 is 0 Å². The van der Waals surface area contributed by atoms with Crippen LogP contribution in [0.25, 0.3) is 0 Å². The van der Waals surface area contributed by atoms with Crippen molar-refractivity contribution in [2.45, 2.75) is 18.9 Å². The average molecular weight is 223 g/mol. The normalized spacial score (nSPS) is 23.9. The third-order valence-electron chi connectivity index (χ3n) is 2.20. The molecule has 0 unspecified atom stereocenters. The molecule has 0 aromatic carbocycles. The van der Waals surface area contributed by atoms with Gasteiger partial charge in [-0.25, -0.2) is 8.42 Å². The molecule has 0 aromatic heterocycles. The van der Waals surface area contributed by atoms with E-state index in [0.29, 0.717) is 19.4 Å². The molecule has 1 atom stereocenters. The number of sulfonamides is 1. The summed E-state index contributed by atoms with van der Waals surface area (Å²) in [5.74, 6) is -2.27. The monoisotopic (exact) mass is 223 g/mol. The van der Waals surface area contributed by atoms with Gasteiger partial charge in [0.05, 0.1) is 6.61 Å². The van der Waals surface area contributed by atoms with E-state index in [9.17, 15) is 13.2 Å². The molecule has 1 heterocycles. The van der Waals surface area contributed by atoms with Gasteiger partial charge in [0.15, 0.2) is 5.75 Å². The van der Waals surface area contributed by atoms with Crippen molar-refractivity contribution in [1.29, 1.82) is 0 Å². The molecule has 1 fully saturated rings. The molecule has 7 heteroatoms. The molecule has 0 aliphatic carbocycles. The maximum absolute atomic E-state index is 11.4. The Morgan fingerprint density at radius 1 is 1.50 bits per heavy atom. The summed E-state index contributed by atoms with van der Waals surface area (Å²) in [6.07, 6.45) is 1.26. The van der Waals surface area contributed by atoms with Crippen LogP contribution in [0.15, 0.2) is 0 Å². The minimum absolute atomic E-state index is 0.251. The molecule has 2 N–H and O–H groups in total. The van der Waals surface area contributed by atoms with Crippen molar-refractivity contribution in [3.05, 3.63) is 0 Å². The number of hydrogen-bond donors (Lipinski definition) is 2. The SMILES string of the molecule is O=C(O)CS(=O)(=O)N1CCC[C@H]1CO. The predicted molar refractivity (Wildman–Crippen MR) is 48.2 cm³/mol. The maximum Gasteiger partial charge on any atom is 0.320 e. The molecule has 6 nitrogen and oxygen atoms in total. The number of nitrogens with zero attached hydrogens (tertiary/aromatic N) is 1. The highest BCUT2D eigenvalue weighted by Gasteiger charge is 2.34. The standard InChI is InChI=1S/C7H13NO5S/c9-4-6-2-1-3-8(6)14(12,13)5-7(10)11/h6,9H,1-5H2,(H,10,11)/t6-/m0/s1. The van der Waals surface area contributed by atoms with Crippen LogP contribution in [0.5, 0.6) is 0 Å². The number of rotatable bonds is 4. The van der Waals surface area contributed by atoms with Crippen LogP contribution >= 0.6 is 0 Å². The molecule has 1 rings (SSSR count). The fourth-order valence-electron chi connectivity index (χ4n) is 1.60. The van der Waals surface area contributed by atoms with Gasteiger partial charge in [-0.1, -0.05) is 0 Å². The molecule has 0 amide bonds. The van der Waals surface area contributed by atoms with Crippen molar-refractivity contribution in [2.24, 2.45) is 0 Å². The second kappa shape index (κ2) is 4.24. The summed E-state index contributed by atoms with van der Waals surface area (Å²) in [5.41, 5.74) is 0. The zero-order chi connectivity index (χ0) is 10.8. The Labute approximate surface area is 82.2 Å². The lowest BCUT2D eigenvalue weighted by Gasteiger charge is -2.21. The average Bonchev–Trinajstić information content (AvgIpc) is 2.48. The van der Waals surface area contributed by atoms with Gasteiger partial charge in [0, 0.05) is 12.6 Å². The highest BCUT2D eigenvalue weighted by molar-refractivity contribution is 7.89. The molecule has 0 saturated carbocycles. The Bertz CT molecular complexity index is 312. The molecule has 0 radical (unpaired) electrons. The van der Waals surface area contributed by atoms with Gasteiger partial charge in [-0.2, -0.15) is 4.31 Å². The highest BCUT2D eigenvalue weighted by atomic mass is 32.2. The number of carboxylic acids is 1. The van der Waals surface area contributed by atoms with E-state index in [0.717, 1.165) is 4.31 Å². The third kappa shape index (κ3) is 2.43. The van der Waals surface area contributed by atoms with Crippen molar-refractivity contribution in [3.63, 3.8) is 0 Å². The van der Waals surface area contributed by atoms with E-state index < -0.39 is 27.8 Å². The summed E-state index contributed by atoms with van der Waals surface area (Å²) < 4.78 is 24.0. The number of aliphatic hydroxyl groups excluding tert-OH is 1. The Morgan fingerprint density at radius 2 is 2.14 bits per heavy atom. The molecule has 0 aromatic rings. The first-order chi connectivity index (χ1) is 6.47. The van der Waals surface area contributed by atoms with E-state index in [1.165, 1.54) is 0 Å². The minimum atomic E-state index is -3.75. The lowest BCUT2D eigenvalue weighted by Crippen LogP contribution is -2.40. The van der Waals surface area contributed by atoms with Gasteiger partial charge < -0.3 is 10.2 Å².